The lowest BCUT2D eigenvalue weighted by Gasteiger charge is -2.24. The summed E-state index contributed by atoms with van der Waals surface area (Å²) in [6.07, 6.45) is 0.172. The summed E-state index contributed by atoms with van der Waals surface area (Å²) in [5.74, 6) is 0.793. The summed E-state index contributed by atoms with van der Waals surface area (Å²) in [6, 6.07) is 4.71. The van der Waals surface area contributed by atoms with Crippen molar-refractivity contribution in [1.29, 1.82) is 0 Å². The van der Waals surface area contributed by atoms with E-state index in [1.165, 1.54) is 0 Å². The Morgan fingerprint density at radius 2 is 2.29 bits per heavy atom. The van der Waals surface area contributed by atoms with Gasteiger partial charge < -0.3 is 19.9 Å². The van der Waals surface area contributed by atoms with Gasteiger partial charge in [-0.2, -0.15) is 0 Å². The van der Waals surface area contributed by atoms with E-state index in [4.69, 9.17) is 9.47 Å². The fraction of sp³-hybridized carbons (Fsp3) is 0.364. The number of halogens is 1. The van der Waals surface area contributed by atoms with Crippen molar-refractivity contribution in [3.05, 3.63) is 23.8 Å². The molecule has 1 aromatic carbocycles. The standard InChI is InChI=1S/C11H13NO4.ClH/c1-15-7-2-3-10(13)8(6-7)9-4-5-16-11(14)12-9;/h2-3,6,9,13H,4-5H2,1H3,(H,12,14);1H/t9-;/m0./s1. The Bertz CT molecular complexity index is 410. The Labute approximate surface area is 105 Å². The minimum absolute atomic E-state index is 0. The zero-order chi connectivity index (χ0) is 11.5. The van der Waals surface area contributed by atoms with Crippen LogP contribution in [0.15, 0.2) is 18.2 Å². The summed E-state index contributed by atoms with van der Waals surface area (Å²) in [7, 11) is 1.55. The van der Waals surface area contributed by atoms with Crippen LogP contribution in [0.3, 0.4) is 0 Å². The van der Waals surface area contributed by atoms with E-state index >= 15 is 0 Å². The Morgan fingerprint density at radius 3 is 2.94 bits per heavy atom. The average Bonchev–Trinajstić information content (AvgIpc) is 2.30. The van der Waals surface area contributed by atoms with Crippen molar-refractivity contribution in [2.75, 3.05) is 13.7 Å². The van der Waals surface area contributed by atoms with Gasteiger partial charge in [0.25, 0.3) is 0 Å². The molecule has 0 radical (unpaired) electrons. The second kappa shape index (κ2) is 5.63. The quantitative estimate of drug-likeness (QED) is 0.852. The summed E-state index contributed by atoms with van der Waals surface area (Å²) in [5, 5.41) is 12.4. The van der Waals surface area contributed by atoms with Gasteiger partial charge in [0.2, 0.25) is 0 Å². The van der Waals surface area contributed by atoms with E-state index in [-0.39, 0.29) is 24.2 Å². The first-order valence-electron chi connectivity index (χ1n) is 5.01. The van der Waals surface area contributed by atoms with Crippen molar-refractivity contribution < 1.29 is 19.4 Å². The van der Waals surface area contributed by atoms with Gasteiger partial charge in [0.15, 0.2) is 0 Å². The van der Waals surface area contributed by atoms with Crippen LogP contribution in [0.25, 0.3) is 0 Å². The lowest BCUT2D eigenvalue weighted by atomic mass is 10.0. The number of carbonyl (C=O) groups excluding carboxylic acids is 1. The number of alkyl carbamates (subject to hydrolysis) is 1. The highest BCUT2D eigenvalue weighted by molar-refractivity contribution is 5.85. The molecule has 1 amide bonds. The molecule has 1 aliphatic rings. The summed E-state index contributed by atoms with van der Waals surface area (Å²) in [5.41, 5.74) is 0.649. The first-order chi connectivity index (χ1) is 7.70. The van der Waals surface area contributed by atoms with Crippen LogP contribution in [0, 0.1) is 0 Å². The third kappa shape index (κ3) is 2.94. The van der Waals surface area contributed by atoms with Crippen LogP contribution < -0.4 is 10.1 Å². The fourth-order valence-corrected chi connectivity index (χ4v) is 1.70. The van der Waals surface area contributed by atoms with E-state index in [9.17, 15) is 9.90 Å². The van der Waals surface area contributed by atoms with E-state index in [0.29, 0.717) is 24.3 Å². The molecule has 1 atom stereocenters. The highest BCUT2D eigenvalue weighted by Gasteiger charge is 2.23. The number of carbonyl (C=O) groups is 1. The molecule has 1 fully saturated rings. The molecule has 0 aromatic heterocycles. The van der Waals surface area contributed by atoms with Gasteiger partial charge in [0.05, 0.1) is 19.8 Å². The third-order valence-corrected chi connectivity index (χ3v) is 2.54. The van der Waals surface area contributed by atoms with Gasteiger partial charge in [-0.3, -0.25) is 0 Å². The number of phenols is 1. The van der Waals surface area contributed by atoms with E-state index < -0.39 is 6.09 Å². The zero-order valence-electron chi connectivity index (χ0n) is 9.30. The van der Waals surface area contributed by atoms with Gasteiger partial charge in [-0.15, -0.1) is 12.4 Å². The molecule has 0 aliphatic carbocycles. The lowest BCUT2D eigenvalue weighted by molar-refractivity contribution is 0.115. The minimum atomic E-state index is -0.460. The maximum atomic E-state index is 11.1. The molecule has 0 unspecified atom stereocenters. The van der Waals surface area contributed by atoms with Crippen molar-refractivity contribution >= 4 is 18.5 Å². The normalized spacial score (nSPS) is 18.6. The molecule has 1 heterocycles. The third-order valence-electron chi connectivity index (χ3n) is 2.54. The number of methoxy groups -OCH3 is 1. The number of nitrogens with one attached hydrogen (secondary N) is 1. The van der Waals surface area contributed by atoms with Crippen LogP contribution in [-0.2, 0) is 4.74 Å². The molecule has 17 heavy (non-hydrogen) atoms. The van der Waals surface area contributed by atoms with Crippen LogP contribution in [-0.4, -0.2) is 24.9 Å². The number of ether oxygens (including phenoxy) is 2. The van der Waals surface area contributed by atoms with Crippen LogP contribution in [0.4, 0.5) is 4.79 Å². The summed E-state index contributed by atoms with van der Waals surface area (Å²) < 4.78 is 9.84. The van der Waals surface area contributed by atoms with Crippen molar-refractivity contribution in [1.82, 2.24) is 5.32 Å². The Morgan fingerprint density at radius 1 is 1.53 bits per heavy atom. The van der Waals surface area contributed by atoms with Gasteiger partial charge in [-0.25, -0.2) is 4.79 Å². The number of rotatable bonds is 2. The van der Waals surface area contributed by atoms with Gasteiger partial charge in [0, 0.05) is 12.0 Å². The number of benzene rings is 1. The molecular formula is C11H14ClNO4. The SMILES string of the molecule is COc1ccc(O)c([C@@H]2CCOC(=O)N2)c1.Cl. The highest BCUT2D eigenvalue weighted by atomic mass is 35.5. The Kier molecular flexibility index (Phi) is 4.45. The molecule has 0 spiro atoms. The zero-order valence-corrected chi connectivity index (χ0v) is 10.1. The van der Waals surface area contributed by atoms with Gasteiger partial charge in [-0.05, 0) is 18.2 Å². The number of cyclic esters (lactones) is 1. The summed E-state index contributed by atoms with van der Waals surface area (Å²) in [4.78, 5) is 11.1. The number of aromatic hydroxyl groups is 1. The smallest absolute Gasteiger partial charge is 0.407 e. The van der Waals surface area contributed by atoms with Crippen molar-refractivity contribution in [2.45, 2.75) is 12.5 Å². The topological polar surface area (TPSA) is 67.8 Å². The highest BCUT2D eigenvalue weighted by Crippen LogP contribution is 2.31. The second-order valence-corrected chi connectivity index (χ2v) is 3.55. The first kappa shape index (κ1) is 13.4. The predicted octanol–water partition coefficient (Wildman–Crippen LogP) is 1.99. The van der Waals surface area contributed by atoms with E-state index in [1.54, 1.807) is 25.3 Å². The lowest BCUT2D eigenvalue weighted by Crippen LogP contribution is -2.35. The maximum absolute atomic E-state index is 11.1. The second-order valence-electron chi connectivity index (χ2n) is 3.55. The van der Waals surface area contributed by atoms with Crippen LogP contribution >= 0.6 is 12.4 Å². The Balaban J connectivity index is 0.00000144. The number of amides is 1. The molecule has 5 nitrogen and oxygen atoms in total. The molecule has 2 N–H and O–H groups in total. The molecule has 1 aliphatic heterocycles. The van der Waals surface area contributed by atoms with Crippen LogP contribution in [0.2, 0.25) is 0 Å². The van der Waals surface area contributed by atoms with Crippen LogP contribution in [0.5, 0.6) is 11.5 Å². The molecular weight excluding hydrogens is 246 g/mol. The fourth-order valence-electron chi connectivity index (χ4n) is 1.70. The number of hydrogen-bond acceptors (Lipinski definition) is 4. The van der Waals surface area contributed by atoms with Crippen molar-refractivity contribution in [3.8, 4) is 11.5 Å². The van der Waals surface area contributed by atoms with E-state index in [1.807, 2.05) is 0 Å². The van der Waals surface area contributed by atoms with Crippen LogP contribution in [0.1, 0.15) is 18.0 Å². The number of hydrogen-bond donors (Lipinski definition) is 2. The van der Waals surface area contributed by atoms with Gasteiger partial charge in [-0.1, -0.05) is 0 Å². The summed E-state index contributed by atoms with van der Waals surface area (Å²) in [6.45, 7) is 0.354. The van der Waals surface area contributed by atoms with E-state index in [2.05, 4.69) is 5.32 Å². The monoisotopic (exact) mass is 259 g/mol. The predicted molar refractivity (Wildman–Crippen MR) is 63.7 cm³/mol. The maximum Gasteiger partial charge on any atom is 0.407 e. The van der Waals surface area contributed by atoms with Gasteiger partial charge >= 0.3 is 6.09 Å². The molecule has 94 valence electrons. The summed E-state index contributed by atoms with van der Waals surface area (Å²) >= 11 is 0. The molecule has 1 saturated heterocycles. The Hall–Kier alpha value is -1.62. The van der Waals surface area contributed by atoms with Crippen molar-refractivity contribution in [3.63, 3.8) is 0 Å². The van der Waals surface area contributed by atoms with E-state index in [0.717, 1.165) is 0 Å². The largest absolute Gasteiger partial charge is 0.508 e. The first-order valence-corrected chi connectivity index (χ1v) is 5.01. The van der Waals surface area contributed by atoms with Crippen molar-refractivity contribution in [2.24, 2.45) is 0 Å². The van der Waals surface area contributed by atoms with Gasteiger partial charge in [0.1, 0.15) is 11.5 Å². The molecule has 6 heteroatoms. The molecule has 2 rings (SSSR count). The molecule has 1 aromatic rings. The average molecular weight is 260 g/mol. The number of phenolic OH excluding ortho intramolecular Hbond substituents is 1. The minimum Gasteiger partial charge on any atom is -0.508 e. The molecule has 0 saturated carbocycles. The molecule has 0 bridgehead atoms.